The van der Waals surface area contributed by atoms with Crippen LogP contribution in [0.3, 0.4) is 0 Å². The van der Waals surface area contributed by atoms with E-state index in [2.05, 4.69) is 14.6 Å². The third kappa shape index (κ3) is 9.80. The van der Waals surface area contributed by atoms with Crippen molar-refractivity contribution < 1.29 is 24.2 Å². The number of thiazole rings is 1. The molecule has 1 aliphatic rings. The smallest absolute Gasteiger partial charge is 0.347 e. The molecule has 1 saturated heterocycles. The van der Waals surface area contributed by atoms with E-state index in [0.29, 0.717) is 30.3 Å². The second-order valence-corrected chi connectivity index (χ2v) is 8.20. The highest BCUT2D eigenvalue weighted by Gasteiger charge is 2.23. The largest absolute Gasteiger partial charge is 0.477 e. The number of hydrogen-bond donors (Lipinski definition) is 1. The lowest BCUT2D eigenvalue weighted by atomic mass is 10.2. The molecule has 9 heteroatoms. The SMILES string of the molecule is CC.CC(C)(C)OC=O.Cc1nc(CC(=O)N2CCN(C)CC2)c(C(=O)O)s1. The minimum Gasteiger partial charge on any atom is -0.477 e. The molecule has 1 N–H and O–H groups in total. The number of hydrogen-bond acceptors (Lipinski definition) is 7. The number of carboxylic acids is 1. The molecule has 28 heavy (non-hydrogen) atoms. The van der Waals surface area contributed by atoms with Crippen LogP contribution in [-0.4, -0.2) is 77.1 Å². The number of carboxylic acid groups (broad SMARTS) is 1. The van der Waals surface area contributed by atoms with Crippen molar-refractivity contribution in [1.82, 2.24) is 14.8 Å². The Hall–Kier alpha value is -2.00. The Kier molecular flexibility index (Phi) is 11.6. The van der Waals surface area contributed by atoms with E-state index in [-0.39, 0.29) is 22.8 Å². The lowest BCUT2D eigenvalue weighted by molar-refractivity contribution is -0.138. The number of aryl methyl sites for hydroxylation is 1. The molecule has 0 aliphatic carbocycles. The topological polar surface area (TPSA) is 100 Å². The Morgan fingerprint density at radius 2 is 1.75 bits per heavy atom. The summed E-state index contributed by atoms with van der Waals surface area (Å²) in [6.07, 6.45) is 0.0791. The second kappa shape index (κ2) is 12.5. The molecule has 0 radical (unpaired) electrons. The molecule has 2 rings (SSSR count). The van der Waals surface area contributed by atoms with Gasteiger partial charge in [-0.05, 0) is 34.7 Å². The molecule has 0 aromatic carbocycles. The molecule has 2 heterocycles. The zero-order chi connectivity index (χ0) is 21.9. The number of carbonyl (C=O) groups is 3. The van der Waals surface area contributed by atoms with Crippen LogP contribution < -0.4 is 0 Å². The zero-order valence-corrected chi connectivity index (χ0v) is 18.8. The van der Waals surface area contributed by atoms with E-state index in [1.54, 1.807) is 11.8 Å². The van der Waals surface area contributed by atoms with Gasteiger partial charge in [0.25, 0.3) is 6.47 Å². The third-order valence-corrected chi connectivity index (χ3v) is 4.58. The molecule has 0 atom stereocenters. The van der Waals surface area contributed by atoms with Gasteiger partial charge < -0.3 is 19.6 Å². The average molecular weight is 416 g/mol. The molecular formula is C19H33N3O5S. The number of aromatic carboxylic acids is 1. The number of rotatable bonds is 4. The third-order valence-electron chi connectivity index (χ3n) is 3.57. The molecule has 1 aromatic rings. The van der Waals surface area contributed by atoms with Gasteiger partial charge in [-0.2, -0.15) is 0 Å². The van der Waals surface area contributed by atoms with Gasteiger partial charge in [-0.3, -0.25) is 9.59 Å². The van der Waals surface area contributed by atoms with E-state index in [0.717, 1.165) is 24.4 Å². The average Bonchev–Trinajstić information content (AvgIpc) is 2.97. The molecule has 0 saturated carbocycles. The van der Waals surface area contributed by atoms with Crippen LogP contribution in [0, 0.1) is 6.92 Å². The van der Waals surface area contributed by atoms with Gasteiger partial charge in [-0.25, -0.2) is 9.78 Å². The Bertz CT molecular complexity index is 632. The van der Waals surface area contributed by atoms with Gasteiger partial charge in [0.1, 0.15) is 10.5 Å². The quantitative estimate of drug-likeness (QED) is 0.754. The molecule has 0 unspecified atom stereocenters. The number of carbonyl (C=O) groups excluding carboxylic acids is 2. The van der Waals surface area contributed by atoms with Crippen LogP contribution in [0.1, 0.15) is 55.0 Å². The summed E-state index contributed by atoms with van der Waals surface area (Å²) < 4.78 is 4.55. The minimum absolute atomic E-state index is 0.0408. The van der Waals surface area contributed by atoms with Crippen LogP contribution in [0.25, 0.3) is 0 Å². The van der Waals surface area contributed by atoms with Crippen molar-refractivity contribution in [3.05, 3.63) is 15.6 Å². The van der Waals surface area contributed by atoms with Gasteiger partial charge in [-0.1, -0.05) is 13.8 Å². The Morgan fingerprint density at radius 3 is 2.14 bits per heavy atom. The van der Waals surface area contributed by atoms with E-state index >= 15 is 0 Å². The van der Waals surface area contributed by atoms with Crippen molar-refractivity contribution in [2.45, 2.75) is 53.6 Å². The molecule has 1 amide bonds. The first kappa shape index (κ1) is 26.0. The highest BCUT2D eigenvalue weighted by Crippen LogP contribution is 2.19. The van der Waals surface area contributed by atoms with Crippen LogP contribution in [0.2, 0.25) is 0 Å². The number of piperazine rings is 1. The normalized spacial score (nSPS) is 14.2. The molecule has 1 fully saturated rings. The summed E-state index contributed by atoms with van der Waals surface area (Å²) in [6, 6.07) is 0. The predicted molar refractivity (Wildman–Crippen MR) is 110 cm³/mol. The molecule has 1 aromatic heterocycles. The Morgan fingerprint density at radius 1 is 1.21 bits per heavy atom. The highest BCUT2D eigenvalue weighted by atomic mass is 32.1. The highest BCUT2D eigenvalue weighted by molar-refractivity contribution is 7.13. The summed E-state index contributed by atoms with van der Waals surface area (Å²) in [5, 5.41) is 9.76. The molecular weight excluding hydrogens is 382 g/mol. The van der Waals surface area contributed by atoms with Crippen LogP contribution in [-0.2, 0) is 20.7 Å². The number of likely N-dealkylation sites (N-methyl/N-ethyl adjacent to an activating group) is 1. The van der Waals surface area contributed by atoms with Gasteiger partial charge in [-0.15, -0.1) is 11.3 Å². The lowest BCUT2D eigenvalue weighted by Gasteiger charge is -2.32. The molecule has 1 aliphatic heterocycles. The summed E-state index contributed by atoms with van der Waals surface area (Å²) in [5.41, 5.74) is 0.0702. The first-order chi connectivity index (χ1) is 13.0. The number of aromatic nitrogens is 1. The van der Waals surface area contributed by atoms with E-state index in [1.807, 2.05) is 41.7 Å². The Balaban J connectivity index is 0.000000688. The fourth-order valence-corrected chi connectivity index (χ4v) is 2.99. The van der Waals surface area contributed by atoms with Crippen molar-refractivity contribution in [2.24, 2.45) is 0 Å². The van der Waals surface area contributed by atoms with Crippen LogP contribution >= 0.6 is 11.3 Å². The summed E-state index contributed by atoms with van der Waals surface area (Å²) in [4.78, 5) is 41.1. The second-order valence-electron chi connectivity index (χ2n) is 7.00. The van der Waals surface area contributed by atoms with Crippen molar-refractivity contribution in [3.63, 3.8) is 0 Å². The standard InChI is InChI=1S/C12H17N3O3S.C5H10O2.C2H6/c1-8-13-9(11(19-8)12(17)18)7-10(16)15-5-3-14(2)4-6-15;1-5(2,3)7-4-6;1-2/h3-7H2,1-2H3,(H,17,18);4H,1-3H3;1-2H3. The van der Waals surface area contributed by atoms with Gasteiger partial charge in [0, 0.05) is 26.2 Å². The van der Waals surface area contributed by atoms with Gasteiger partial charge in [0.2, 0.25) is 5.91 Å². The van der Waals surface area contributed by atoms with E-state index < -0.39 is 5.97 Å². The maximum Gasteiger partial charge on any atom is 0.347 e. The molecule has 0 spiro atoms. The molecule has 8 nitrogen and oxygen atoms in total. The van der Waals surface area contributed by atoms with E-state index in [9.17, 15) is 14.4 Å². The first-order valence-electron chi connectivity index (χ1n) is 9.31. The summed E-state index contributed by atoms with van der Waals surface area (Å²) in [5.74, 6) is -1.05. The Labute approximate surface area is 171 Å². The van der Waals surface area contributed by atoms with Crippen LogP contribution in [0.4, 0.5) is 0 Å². The van der Waals surface area contributed by atoms with Gasteiger partial charge in [0.05, 0.1) is 17.1 Å². The molecule has 160 valence electrons. The van der Waals surface area contributed by atoms with E-state index in [4.69, 9.17) is 5.11 Å². The summed E-state index contributed by atoms with van der Waals surface area (Å²) in [6.45, 7) is 14.8. The van der Waals surface area contributed by atoms with E-state index in [1.165, 1.54) is 0 Å². The van der Waals surface area contributed by atoms with Gasteiger partial charge >= 0.3 is 5.97 Å². The van der Waals surface area contributed by atoms with Gasteiger partial charge in [0.15, 0.2) is 0 Å². The number of nitrogens with zero attached hydrogens (tertiary/aromatic N) is 3. The lowest BCUT2D eigenvalue weighted by Crippen LogP contribution is -2.47. The number of ether oxygens (including phenoxy) is 1. The van der Waals surface area contributed by atoms with Crippen molar-refractivity contribution >= 4 is 29.7 Å². The van der Waals surface area contributed by atoms with Crippen molar-refractivity contribution in [1.29, 1.82) is 0 Å². The maximum atomic E-state index is 12.1. The predicted octanol–water partition coefficient (Wildman–Crippen LogP) is 2.45. The summed E-state index contributed by atoms with van der Waals surface area (Å²) >= 11 is 1.12. The minimum atomic E-state index is -1.01. The first-order valence-corrected chi connectivity index (χ1v) is 10.1. The summed E-state index contributed by atoms with van der Waals surface area (Å²) in [7, 11) is 2.02. The maximum absolute atomic E-state index is 12.1. The monoisotopic (exact) mass is 415 g/mol. The fraction of sp³-hybridized carbons (Fsp3) is 0.684. The van der Waals surface area contributed by atoms with Crippen molar-refractivity contribution in [2.75, 3.05) is 33.2 Å². The fourth-order valence-electron chi connectivity index (χ4n) is 2.21. The van der Waals surface area contributed by atoms with Crippen molar-refractivity contribution in [3.8, 4) is 0 Å². The van der Waals surface area contributed by atoms with Crippen LogP contribution in [0.15, 0.2) is 0 Å². The van der Waals surface area contributed by atoms with Crippen LogP contribution in [0.5, 0.6) is 0 Å². The number of amides is 1. The zero-order valence-electron chi connectivity index (χ0n) is 17.9. The molecule has 0 bridgehead atoms.